The summed E-state index contributed by atoms with van der Waals surface area (Å²) in [6, 6.07) is 3.69. The first-order chi connectivity index (χ1) is 10.2. The van der Waals surface area contributed by atoms with Crippen molar-refractivity contribution >= 4 is 22.4 Å². The number of aliphatic imine (C=N–C) groups is 1. The van der Waals surface area contributed by atoms with Gasteiger partial charge >= 0.3 is 0 Å². The molecule has 0 atom stereocenters. The molecule has 0 radical (unpaired) electrons. The fourth-order valence-corrected chi connectivity index (χ4v) is 2.30. The van der Waals surface area contributed by atoms with Crippen LogP contribution in [0, 0.1) is 0 Å². The first-order valence-electron chi connectivity index (χ1n) is 6.62. The quantitative estimate of drug-likeness (QED) is 0.407. The molecule has 0 aliphatic carbocycles. The minimum absolute atomic E-state index is 0.317. The standard InChI is InChI=1S/C13H19N5O2S/c1-2-19-6-5-16-12(15)18-13-17-10(8-21-13)11-4-3-9(7-14)20-11/h3-4,8H,2,5-7,14H2,1H3,(H3,15,16,17,18). The molecule has 2 heterocycles. The summed E-state index contributed by atoms with van der Waals surface area (Å²) in [5, 5.41) is 5.49. The Labute approximate surface area is 127 Å². The van der Waals surface area contributed by atoms with E-state index in [1.54, 1.807) is 0 Å². The van der Waals surface area contributed by atoms with Crippen LogP contribution in [0.3, 0.4) is 0 Å². The van der Waals surface area contributed by atoms with Gasteiger partial charge in [0.25, 0.3) is 0 Å². The van der Waals surface area contributed by atoms with Crippen LogP contribution in [-0.4, -0.2) is 30.7 Å². The molecule has 2 rings (SSSR count). The third kappa shape index (κ3) is 4.55. The maximum atomic E-state index is 5.77. The highest BCUT2D eigenvalue weighted by Gasteiger charge is 2.09. The molecule has 114 valence electrons. The number of furan rings is 1. The SMILES string of the molecule is CCOCCN=C(N)Nc1nc(-c2ccc(CN)o2)cs1. The van der Waals surface area contributed by atoms with E-state index < -0.39 is 0 Å². The molecule has 0 aliphatic heterocycles. The molecule has 2 aromatic heterocycles. The summed E-state index contributed by atoms with van der Waals surface area (Å²) in [5.41, 5.74) is 12.0. The van der Waals surface area contributed by atoms with Crippen LogP contribution < -0.4 is 16.8 Å². The van der Waals surface area contributed by atoms with Crippen LogP contribution in [0.4, 0.5) is 5.13 Å². The van der Waals surface area contributed by atoms with Gasteiger partial charge in [-0.15, -0.1) is 11.3 Å². The molecule has 0 saturated heterocycles. The lowest BCUT2D eigenvalue weighted by Crippen LogP contribution is -2.23. The van der Waals surface area contributed by atoms with Gasteiger partial charge < -0.3 is 25.9 Å². The molecule has 8 heteroatoms. The van der Waals surface area contributed by atoms with Crippen molar-refractivity contribution in [3.63, 3.8) is 0 Å². The molecule has 0 saturated carbocycles. The summed E-state index contributed by atoms with van der Waals surface area (Å²) in [6.07, 6.45) is 0. The highest BCUT2D eigenvalue weighted by atomic mass is 32.1. The van der Waals surface area contributed by atoms with E-state index in [-0.39, 0.29) is 0 Å². The van der Waals surface area contributed by atoms with E-state index in [4.69, 9.17) is 20.6 Å². The van der Waals surface area contributed by atoms with Gasteiger partial charge in [-0.25, -0.2) is 4.98 Å². The van der Waals surface area contributed by atoms with Crippen LogP contribution in [0.5, 0.6) is 0 Å². The normalized spacial score (nSPS) is 11.8. The van der Waals surface area contributed by atoms with Crippen molar-refractivity contribution in [2.24, 2.45) is 16.5 Å². The number of thiazole rings is 1. The largest absolute Gasteiger partial charge is 0.458 e. The Hall–Kier alpha value is -1.90. The van der Waals surface area contributed by atoms with Crippen LogP contribution in [-0.2, 0) is 11.3 Å². The summed E-state index contributed by atoms with van der Waals surface area (Å²) >= 11 is 1.43. The summed E-state index contributed by atoms with van der Waals surface area (Å²) < 4.78 is 10.7. The number of nitrogens with two attached hydrogens (primary N) is 2. The minimum Gasteiger partial charge on any atom is -0.458 e. The molecular formula is C13H19N5O2S. The molecule has 0 fully saturated rings. The third-order valence-corrected chi connectivity index (χ3v) is 3.33. The molecule has 0 spiro atoms. The number of guanidine groups is 1. The van der Waals surface area contributed by atoms with Crippen molar-refractivity contribution in [2.45, 2.75) is 13.5 Å². The summed E-state index contributed by atoms with van der Waals surface area (Å²) in [5.74, 6) is 1.73. The van der Waals surface area contributed by atoms with Crippen molar-refractivity contribution in [2.75, 3.05) is 25.1 Å². The zero-order chi connectivity index (χ0) is 15.1. The highest BCUT2D eigenvalue weighted by Crippen LogP contribution is 2.26. The predicted octanol–water partition coefficient (Wildman–Crippen LogP) is 1.62. The zero-order valence-corrected chi connectivity index (χ0v) is 12.7. The minimum atomic E-state index is 0.317. The summed E-state index contributed by atoms with van der Waals surface area (Å²) in [6.45, 7) is 4.05. The molecule has 7 nitrogen and oxygen atoms in total. The Morgan fingerprint density at radius 3 is 3.10 bits per heavy atom. The van der Waals surface area contributed by atoms with Gasteiger partial charge in [0.2, 0.25) is 0 Å². The number of ether oxygens (including phenoxy) is 1. The molecule has 0 bridgehead atoms. The van der Waals surface area contributed by atoms with E-state index in [9.17, 15) is 0 Å². The third-order valence-electron chi connectivity index (χ3n) is 2.58. The Balaban J connectivity index is 1.93. The van der Waals surface area contributed by atoms with Gasteiger partial charge in [-0.3, -0.25) is 4.99 Å². The fourth-order valence-electron chi connectivity index (χ4n) is 1.59. The lowest BCUT2D eigenvalue weighted by atomic mass is 10.3. The van der Waals surface area contributed by atoms with E-state index in [2.05, 4.69) is 15.3 Å². The maximum Gasteiger partial charge on any atom is 0.195 e. The Morgan fingerprint density at radius 1 is 1.52 bits per heavy atom. The van der Waals surface area contributed by atoms with Crippen LogP contribution in [0.1, 0.15) is 12.7 Å². The van der Waals surface area contributed by atoms with Crippen molar-refractivity contribution in [3.8, 4) is 11.5 Å². The monoisotopic (exact) mass is 309 g/mol. The lowest BCUT2D eigenvalue weighted by molar-refractivity contribution is 0.156. The molecular weight excluding hydrogens is 290 g/mol. The van der Waals surface area contributed by atoms with E-state index in [1.807, 2.05) is 24.4 Å². The van der Waals surface area contributed by atoms with Crippen molar-refractivity contribution in [1.82, 2.24) is 4.98 Å². The molecule has 2 aromatic rings. The van der Waals surface area contributed by atoms with Crippen molar-refractivity contribution < 1.29 is 9.15 Å². The van der Waals surface area contributed by atoms with Crippen LogP contribution >= 0.6 is 11.3 Å². The van der Waals surface area contributed by atoms with Gasteiger partial charge in [0, 0.05) is 12.0 Å². The smallest absolute Gasteiger partial charge is 0.195 e. The fraction of sp³-hybridized carbons (Fsp3) is 0.385. The highest BCUT2D eigenvalue weighted by molar-refractivity contribution is 7.14. The van der Waals surface area contributed by atoms with E-state index in [1.165, 1.54) is 11.3 Å². The Bertz CT molecular complexity index is 593. The molecule has 0 amide bonds. The van der Waals surface area contributed by atoms with E-state index in [0.717, 1.165) is 11.5 Å². The van der Waals surface area contributed by atoms with Gasteiger partial charge in [0.15, 0.2) is 16.9 Å². The van der Waals surface area contributed by atoms with E-state index in [0.29, 0.717) is 43.2 Å². The average molecular weight is 309 g/mol. The number of anilines is 1. The van der Waals surface area contributed by atoms with Crippen molar-refractivity contribution in [1.29, 1.82) is 0 Å². The van der Waals surface area contributed by atoms with Crippen molar-refractivity contribution in [3.05, 3.63) is 23.3 Å². The number of aromatic nitrogens is 1. The zero-order valence-electron chi connectivity index (χ0n) is 11.8. The molecule has 0 unspecified atom stereocenters. The van der Waals surface area contributed by atoms with E-state index >= 15 is 0 Å². The molecule has 5 N–H and O–H groups in total. The number of hydrogen-bond acceptors (Lipinski definition) is 6. The second kappa shape index (κ2) is 7.77. The van der Waals surface area contributed by atoms with Crippen LogP contribution in [0.2, 0.25) is 0 Å². The van der Waals surface area contributed by atoms with Gasteiger partial charge in [-0.1, -0.05) is 0 Å². The lowest BCUT2D eigenvalue weighted by Gasteiger charge is -2.01. The molecule has 0 aromatic carbocycles. The number of nitrogens with one attached hydrogen (secondary N) is 1. The van der Waals surface area contributed by atoms with Gasteiger partial charge in [0.1, 0.15) is 11.5 Å². The molecule has 21 heavy (non-hydrogen) atoms. The van der Waals surface area contributed by atoms with Crippen LogP contribution in [0.15, 0.2) is 26.9 Å². The summed E-state index contributed by atoms with van der Waals surface area (Å²) in [7, 11) is 0. The van der Waals surface area contributed by atoms with Gasteiger partial charge in [0.05, 0.1) is 19.7 Å². The second-order valence-electron chi connectivity index (χ2n) is 4.10. The first-order valence-corrected chi connectivity index (χ1v) is 7.50. The number of hydrogen-bond donors (Lipinski definition) is 3. The number of nitrogens with zero attached hydrogens (tertiary/aromatic N) is 2. The first kappa shape index (κ1) is 15.5. The van der Waals surface area contributed by atoms with Gasteiger partial charge in [-0.2, -0.15) is 0 Å². The molecule has 0 aliphatic rings. The summed E-state index contributed by atoms with van der Waals surface area (Å²) in [4.78, 5) is 8.53. The second-order valence-corrected chi connectivity index (χ2v) is 4.95. The predicted molar refractivity (Wildman–Crippen MR) is 84.3 cm³/mol. The van der Waals surface area contributed by atoms with Gasteiger partial charge in [-0.05, 0) is 19.1 Å². The Morgan fingerprint density at radius 2 is 2.38 bits per heavy atom. The topological polar surface area (TPSA) is 112 Å². The Kier molecular flexibility index (Phi) is 5.73. The van der Waals surface area contributed by atoms with Crippen LogP contribution in [0.25, 0.3) is 11.5 Å². The number of rotatable bonds is 7. The average Bonchev–Trinajstić information content (AvgIpc) is 3.12. The maximum absolute atomic E-state index is 5.77.